The van der Waals surface area contributed by atoms with Crippen LogP contribution in [0.15, 0.2) is 34.9 Å². The second kappa shape index (κ2) is 5.70. The molecule has 3 atom stereocenters. The fourth-order valence-corrected chi connectivity index (χ4v) is 3.57. The van der Waals surface area contributed by atoms with Gasteiger partial charge < -0.3 is 20.4 Å². The van der Waals surface area contributed by atoms with Crippen LogP contribution < -0.4 is 11.1 Å². The predicted molar refractivity (Wildman–Crippen MR) is 86.8 cm³/mol. The predicted octanol–water partition coefficient (Wildman–Crippen LogP) is 1.75. The number of carbonyl (C=O) groups is 1. The van der Waals surface area contributed by atoms with Gasteiger partial charge in [-0.3, -0.25) is 4.79 Å². The first-order valence-electron chi connectivity index (χ1n) is 8.02. The molecule has 2 aliphatic heterocycles. The highest BCUT2D eigenvalue weighted by Crippen LogP contribution is 2.27. The van der Waals surface area contributed by atoms with Gasteiger partial charge in [-0.1, -0.05) is 0 Å². The maximum absolute atomic E-state index is 12.3. The van der Waals surface area contributed by atoms with Crippen molar-refractivity contribution in [2.45, 2.75) is 18.9 Å². The number of anilines is 1. The van der Waals surface area contributed by atoms with Gasteiger partial charge in [-0.05, 0) is 49.6 Å². The smallest absolute Gasteiger partial charge is 0.307 e. The highest BCUT2D eigenvalue weighted by atomic mass is 16.4. The Balaban J connectivity index is 1.44. The number of amides is 1. The van der Waals surface area contributed by atoms with Crippen molar-refractivity contribution in [3.8, 4) is 11.3 Å². The van der Waals surface area contributed by atoms with Crippen molar-refractivity contribution in [3.05, 3.63) is 36.4 Å². The van der Waals surface area contributed by atoms with Crippen molar-refractivity contribution < 1.29 is 9.21 Å². The van der Waals surface area contributed by atoms with Crippen LogP contribution in [-0.4, -0.2) is 41.5 Å². The largest absolute Gasteiger partial charge is 0.432 e. The van der Waals surface area contributed by atoms with E-state index in [0.717, 1.165) is 25.1 Å². The van der Waals surface area contributed by atoms with Crippen LogP contribution >= 0.6 is 0 Å². The van der Waals surface area contributed by atoms with Crippen molar-refractivity contribution in [1.29, 1.82) is 0 Å². The maximum Gasteiger partial charge on any atom is 0.307 e. The Morgan fingerprint density at radius 2 is 2.13 bits per heavy atom. The fourth-order valence-electron chi connectivity index (χ4n) is 3.57. The molecule has 1 aromatic carbocycles. The molecular formula is C17H20N4O2. The zero-order valence-electron chi connectivity index (χ0n) is 12.9. The summed E-state index contributed by atoms with van der Waals surface area (Å²) in [7, 11) is 0. The van der Waals surface area contributed by atoms with E-state index in [9.17, 15) is 4.79 Å². The van der Waals surface area contributed by atoms with Crippen LogP contribution in [0, 0.1) is 5.92 Å². The number of nitrogens with zero attached hydrogens (tertiary/aromatic N) is 2. The Labute approximate surface area is 134 Å². The van der Waals surface area contributed by atoms with Crippen LogP contribution in [-0.2, 0) is 0 Å². The molecule has 0 saturated carbocycles. The van der Waals surface area contributed by atoms with Gasteiger partial charge in [0.15, 0.2) is 5.76 Å². The standard InChI is InChI=1S/C17H20N4O2/c18-13-3-1-12(2-4-13)15-8-19-17(23-15)16(22)20-14-7-11-5-6-21(9-11)10-14/h1-4,8,11,14H,5-7,9-10,18H2,(H,20,22)/t11-,14-/m1/s1. The van der Waals surface area contributed by atoms with Crippen LogP contribution in [0.2, 0.25) is 0 Å². The number of fused-ring (bicyclic) bond motifs is 2. The Bertz CT molecular complexity index is 698. The van der Waals surface area contributed by atoms with Crippen LogP contribution in [0.25, 0.3) is 11.3 Å². The van der Waals surface area contributed by atoms with Crippen molar-refractivity contribution in [3.63, 3.8) is 0 Å². The van der Waals surface area contributed by atoms with E-state index in [-0.39, 0.29) is 17.8 Å². The van der Waals surface area contributed by atoms with Gasteiger partial charge in [-0.25, -0.2) is 4.98 Å². The Morgan fingerprint density at radius 3 is 2.91 bits per heavy atom. The quantitative estimate of drug-likeness (QED) is 0.844. The maximum atomic E-state index is 12.3. The third-order valence-corrected chi connectivity index (χ3v) is 4.70. The van der Waals surface area contributed by atoms with Crippen LogP contribution in [0.3, 0.4) is 0 Å². The van der Waals surface area contributed by atoms with Gasteiger partial charge in [0.2, 0.25) is 0 Å². The minimum absolute atomic E-state index is 0.116. The van der Waals surface area contributed by atoms with Gasteiger partial charge in [0, 0.05) is 30.4 Å². The number of benzene rings is 1. The van der Waals surface area contributed by atoms with Crippen molar-refractivity contribution in [2.75, 3.05) is 25.4 Å². The summed E-state index contributed by atoms with van der Waals surface area (Å²) in [6.45, 7) is 3.25. The summed E-state index contributed by atoms with van der Waals surface area (Å²) in [6.07, 6.45) is 3.87. The first-order chi connectivity index (χ1) is 11.2. The average Bonchev–Trinajstić information content (AvgIpc) is 3.15. The summed E-state index contributed by atoms with van der Waals surface area (Å²) in [5, 5.41) is 3.05. The molecule has 2 aromatic rings. The number of nitrogens with one attached hydrogen (secondary N) is 1. The lowest BCUT2D eigenvalue weighted by Gasteiger charge is -2.30. The van der Waals surface area contributed by atoms with Gasteiger partial charge in [0.1, 0.15) is 0 Å². The van der Waals surface area contributed by atoms with E-state index in [0.29, 0.717) is 17.4 Å². The normalized spacial score (nSPS) is 26.2. The zero-order valence-corrected chi connectivity index (χ0v) is 12.9. The molecule has 4 rings (SSSR count). The molecule has 0 spiro atoms. The molecule has 1 amide bonds. The highest BCUT2D eigenvalue weighted by molar-refractivity contribution is 5.90. The molecule has 3 N–H and O–H groups in total. The summed E-state index contributed by atoms with van der Waals surface area (Å²) in [5.41, 5.74) is 7.22. The monoisotopic (exact) mass is 312 g/mol. The summed E-state index contributed by atoms with van der Waals surface area (Å²) in [6, 6.07) is 7.48. The van der Waals surface area contributed by atoms with Crippen LogP contribution in [0.5, 0.6) is 0 Å². The van der Waals surface area contributed by atoms with E-state index >= 15 is 0 Å². The van der Waals surface area contributed by atoms with Gasteiger partial charge in [-0.15, -0.1) is 0 Å². The number of nitrogen functional groups attached to an aromatic ring is 1. The van der Waals surface area contributed by atoms with Crippen molar-refractivity contribution in [1.82, 2.24) is 15.2 Å². The highest BCUT2D eigenvalue weighted by Gasteiger charge is 2.33. The minimum Gasteiger partial charge on any atom is -0.432 e. The van der Waals surface area contributed by atoms with E-state index < -0.39 is 0 Å². The number of aromatic nitrogens is 1. The Morgan fingerprint density at radius 1 is 1.30 bits per heavy atom. The van der Waals surface area contributed by atoms with Gasteiger partial charge >= 0.3 is 5.91 Å². The molecular weight excluding hydrogens is 292 g/mol. The van der Waals surface area contributed by atoms with Crippen molar-refractivity contribution in [2.24, 2.45) is 5.92 Å². The fraction of sp³-hybridized carbons (Fsp3) is 0.412. The molecule has 2 bridgehead atoms. The second-order valence-corrected chi connectivity index (χ2v) is 6.47. The number of carbonyl (C=O) groups excluding carboxylic acids is 1. The number of nitrogens with two attached hydrogens (primary N) is 1. The lowest BCUT2D eigenvalue weighted by Crippen LogP contribution is -2.47. The molecule has 23 heavy (non-hydrogen) atoms. The first-order valence-corrected chi connectivity index (χ1v) is 8.02. The number of piperidine rings is 1. The number of hydrogen-bond acceptors (Lipinski definition) is 5. The summed E-state index contributed by atoms with van der Waals surface area (Å²) in [5.74, 6) is 1.16. The zero-order chi connectivity index (χ0) is 15.8. The number of hydrogen-bond donors (Lipinski definition) is 2. The molecule has 6 heteroatoms. The van der Waals surface area contributed by atoms with Crippen LogP contribution in [0.1, 0.15) is 23.5 Å². The molecule has 1 aromatic heterocycles. The average molecular weight is 312 g/mol. The summed E-state index contributed by atoms with van der Waals surface area (Å²) >= 11 is 0. The molecule has 2 aliphatic rings. The van der Waals surface area contributed by atoms with Crippen LogP contribution in [0.4, 0.5) is 5.69 Å². The molecule has 3 heterocycles. The lowest BCUT2D eigenvalue weighted by molar-refractivity contribution is 0.0875. The van der Waals surface area contributed by atoms with Gasteiger partial charge in [-0.2, -0.15) is 0 Å². The SMILES string of the molecule is Nc1ccc(-c2cnc(C(=O)N[C@@H]3C[C@H]4CCN(C4)C3)o2)cc1. The topological polar surface area (TPSA) is 84.4 Å². The van der Waals surface area contributed by atoms with E-state index in [2.05, 4.69) is 15.2 Å². The van der Waals surface area contributed by atoms with E-state index in [1.807, 2.05) is 12.1 Å². The second-order valence-electron chi connectivity index (χ2n) is 6.47. The minimum atomic E-state index is -0.237. The third-order valence-electron chi connectivity index (χ3n) is 4.70. The molecule has 2 saturated heterocycles. The van der Waals surface area contributed by atoms with E-state index in [1.54, 1.807) is 18.3 Å². The molecule has 120 valence electrons. The first kappa shape index (κ1) is 14.3. The summed E-state index contributed by atoms with van der Waals surface area (Å²) < 4.78 is 5.60. The molecule has 1 unspecified atom stereocenters. The number of rotatable bonds is 3. The molecule has 0 radical (unpaired) electrons. The van der Waals surface area contributed by atoms with Gasteiger partial charge in [0.05, 0.1) is 6.20 Å². The summed E-state index contributed by atoms with van der Waals surface area (Å²) in [4.78, 5) is 18.9. The Hall–Kier alpha value is -2.34. The third kappa shape index (κ3) is 2.94. The van der Waals surface area contributed by atoms with Gasteiger partial charge in [0.25, 0.3) is 5.89 Å². The van der Waals surface area contributed by atoms with Crippen molar-refractivity contribution >= 4 is 11.6 Å². The van der Waals surface area contributed by atoms with E-state index in [4.69, 9.17) is 10.2 Å². The Kier molecular flexibility index (Phi) is 3.53. The molecule has 0 aliphatic carbocycles. The molecule has 2 fully saturated rings. The molecule has 6 nitrogen and oxygen atoms in total. The van der Waals surface area contributed by atoms with E-state index in [1.165, 1.54) is 13.0 Å². The number of oxazole rings is 1. The lowest BCUT2D eigenvalue weighted by atomic mass is 9.97.